The Hall–Kier alpha value is -1.88. The van der Waals surface area contributed by atoms with Gasteiger partial charge in [0.05, 0.1) is 5.16 Å². The molecule has 2 aromatic heterocycles. The van der Waals surface area contributed by atoms with Gasteiger partial charge in [-0.1, -0.05) is 38.3 Å². The van der Waals surface area contributed by atoms with Crippen LogP contribution < -0.4 is 0 Å². The Morgan fingerprint density at radius 3 is 1.64 bits per heavy atom. The van der Waals surface area contributed by atoms with Crippen LogP contribution in [0.15, 0.2) is 95.7 Å². The van der Waals surface area contributed by atoms with Crippen molar-refractivity contribution in [3.05, 3.63) is 107 Å². The number of hydrogen-bond donors (Lipinski definition) is 2. The van der Waals surface area contributed by atoms with Gasteiger partial charge in [-0.2, -0.15) is 0 Å². The molecule has 2 N–H and O–H groups in total. The molecular formula is C41H50N2P2. The van der Waals surface area contributed by atoms with E-state index in [4.69, 9.17) is 0 Å². The Kier molecular flexibility index (Phi) is 6.45. The number of nitrogens with one attached hydrogen (secondary N) is 2. The first-order valence-corrected chi connectivity index (χ1v) is 20.4. The van der Waals surface area contributed by atoms with Gasteiger partial charge in [0.15, 0.2) is 0 Å². The lowest BCUT2D eigenvalue weighted by Gasteiger charge is -2.67. The Morgan fingerprint density at radius 2 is 1.22 bits per heavy atom. The normalized spacial score (nSPS) is 41.6. The predicted molar refractivity (Wildman–Crippen MR) is 192 cm³/mol. The van der Waals surface area contributed by atoms with Gasteiger partial charge in [0.25, 0.3) is 0 Å². The highest BCUT2D eigenvalue weighted by Crippen LogP contribution is 2.79. The van der Waals surface area contributed by atoms with E-state index in [9.17, 15) is 0 Å². The molecule has 0 radical (unpaired) electrons. The molecule has 2 aromatic rings. The Morgan fingerprint density at radius 1 is 0.711 bits per heavy atom. The van der Waals surface area contributed by atoms with Gasteiger partial charge in [0.1, 0.15) is 0 Å². The van der Waals surface area contributed by atoms with Crippen LogP contribution in [0.2, 0.25) is 0 Å². The molecule has 0 aromatic carbocycles. The van der Waals surface area contributed by atoms with E-state index < -0.39 is 0 Å². The van der Waals surface area contributed by atoms with Crippen LogP contribution in [0.4, 0.5) is 0 Å². The van der Waals surface area contributed by atoms with Crippen LogP contribution in [0.3, 0.4) is 0 Å². The lowest BCUT2D eigenvalue weighted by molar-refractivity contribution is 0.0187. The molecule has 234 valence electrons. The first-order valence-electron chi connectivity index (χ1n) is 18.3. The van der Waals surface area contributed by atoms with Gasteiger partial charge in [-0.3, -0.25) is 0 Å². The molecule has 0 amide bonds. The van der Waals surface area contributed by atoms with E-state index in [-0.39, 0.29) is 13.1 Å². The van der Waals surface area contributed by atoms with E-state index in [1.54, 1.807) is 88.2 Å². The molecule has 12 rings (SSSR count). The molecule has 1 atom stereocenters. The topological polar surface area (TPSA) is 31.6 Å². The standard InChI is InChI=1S/C41H50N2P2/c44-41(36-6-8-42-24-36,37-7-9-43-25-37)38-17-34(33-4-2-1-3-5-33)16-35(38)26-45(39-18-27-10-28(19-39)12-29(11-27)20-39)40-21-30-13-31(22-40)15-32(14-30)23-40/h1-4,6-9,16-17,24-25,27-32,42-43H,5,10-15,18-23,26,44H2. The van der Waals surface area contributed by atoms with Gasteiger partial charge in [-0.05, 0) is 187 Å². The van der Waals surface area contributed by atoms with E-state index in [2.05, 4.69) is 92.6 Å². The maximum absolute atomic E-state index is 3.43. The largest absolute Gasteiger partial charge is 0.367 e. The van der Waals surface area contributed by atoms with Crippen LogP contribution in [0.1, 0.15) is 94.6 Å². The van der Waals surface area contributed by atoms with Crippen molar-refractivity contribution in [3.63, 3.8) is 0 Å². The van der Waals surface area contributed by atoms with Crippen molar-refractivity contribution >= 4 is 17.2 Å². The lowest BCUT2D eigenvalue weighted by atomic mass is 9.55. The van der Waals surface area contributed by atoms with Crippen LogP contribution in [0, 0.1) is 35.5 Å². The molecule has 2 heterocycles. The summed E-state index contributed by atoms with van der Waals surface area (Å²) in [5.41, 5.74) is 8.86. The second-order valence-electron chi connectivity index (χ2n) is 17.1. The molecule has 8 saturated carbocycles. The zero-order valence-electron chi connectivity index (χ0n) is 26.8. The first kappa shape index (κ1) is 28.2. The fourth-order valence-corrected chi connectivity index (χ4v) is 19.2. The molecule has 2 nitrogen and oxygen atoms in total. The minimum Gasteiger partial charge on any atom is -0.367 e. The highest BCUT2D eigenvalue weighted by atomic mass is 31.1. The van der Waals surface area contributed by atoms with Crippen molar-refractivity contribution in [2.75, 3.05) is 6.16 Å². The van der Waals surface area contributed by atoms with Crippen LogP contribution in [0.5, 0.6) is 0 Å². The molecule has 10 aliphatic rings. The minimum atomic E-state index is -0.272. The summed E-state index contributed by atoms with van der Waals surface area (Å²) in [6.07, 6.45) is 44.4. The molecule has 0 spiro atoms. The van der Waals surface area contributed by atoms with Gasteiger partial charge in [0.2, 0.25) is 0 Å². The number of aromatic nitrogens is 2. The number of allylic oxidation sites excluding steroid dienone is 10. The average molecular weight is 633 g/mol. The SMILES string of the molecule is PC(C1=CC(=C2C=CC=CC2)C=C1CP(C12CC3CC(CC(C3)C1)C2)C12CC3CC(CC(C3)C1)C2)(c1cc[nH]c1)c1cc[nH]c1. The smallest absolute Gasteiger partial charge is 0.0623 e. The summed E-state index contributed by atoms with van der Waals surface area (Å²) in [6, 6.07) is 4.63. The molecule has 1 unspecified atom stereocenters. The average Bonchev–Trinajstić information content (AvgIpc) is 3.82. The van der Waals surface area contributed by atoms with Crippen LogP contribution in [-0.2, 0) is 5.16 Å². The van der Waals surface area contributed by atoms with E-state index in [1.807, 2.05) is 0 Å². The second-order valence-corrected chi connectivity index (χ2v) is 21.0. The van der Waals surface area contributed by atoms with Crippen LogP contribution >= 0.6 is 17.2 Å². The molecule has 10 aliphatic carbocycles. The highest BCUT2D eigenvalue weighted by molar-refractivity contribution is 7.61. The van der Waals surface area contributed by atoms with Crippen molar-refractivity contribution < 1.29 is 0 Å². The molecule has 4 heteroatoms. The highest BCUT2D eigenvalue weighted by Gasteiger charge is 2.62. The van der Waals surface area contributed by atoms with Crippen LogP contribution in [-0.4, -0.2) is 26.4 Å². The summed E-state index contributed by atoms with van der Waals surface area (Å²) < 4.78 is 0. The quantitative estimate of drug-likeness (QED) is 0.285. The summed E-state index contributed by atoms with van der Waals surface area (Å²) in [5, 5.41) is 1.000. The molecule has 45 heavy (non-hydrogen) atoms. The van der Waals surface area contributed by atoms with Gasteiger partial charge < -0.3 is 9.97 Å². The van der Waals surface area contributed by atoms with Crippen molar-refractivity contribution in [1.82, 2.24) is 9.97 Å². The first-order chi connectivity index (χ1) is 22.0. The maximum Gasteiger partial charge on any atom is 0.0623 e. The number of hydrogen-bond acceptors (Lipinski definition) is 0. The fraction of sp³-hybridized carbons (Fsp3) is 0.561. The fourth-order valence-electron chi connectivity index (χ4n) is 13.4. The molecule has 8 bridgehead atoms. The number of aromatic amines is 2. The summed E-state index contributed by atoms with van der Waals surface area (Å²) in [7, 11) is 3.26. The Bertz CT molecular complexity index is 1480. The van der Waals surface area contributed by atoms with Gasteiger partial charge >= 0.3 is 0 Å². The lowest BCUT2D eigenvalue weighted by Crippen LogP contribution is -2.57. The Labute approximate surface area is 273 Å². The van der Waals surface area contributed by atoms with Gasteiger partial charge in [-0.15, -0.1) is 9.24 Å². The van der Waals surface area contributed by atoms with Gasteiger partial charge in [-0.25, -0.2) is 0 Å². The third-order valence-electron chi connectivity index (χ3n) is 14.2. The maximum atomic E-state index is 3.43. The van der Waals surface area contributed by atoms with Crippen molar-refractivity contribution in [2.24, 2.45) is 35.5 Å². The van der Waals surface area contributed by atoms with Crippen molar-refractivity contribution in [3.8, 4) is 0 Å². The summed E-state index contributed by atoms with van der Waals surface area (Å²) >= 11 is 0. The Balaban J connectivity index is 1.13. The van der Waals surface area contributed by atoms with E-state index in [0.29, 0.717) is 10.3 Å². The van der Waals surface area contributed by atoms with E-state index >= 15 is 0 Å². The molecule has 0 aliphatic heterocycles. The predicted octanol–water partition coefficient (Wildman–Crippen LogP) is 10.6. The summed E-state index contributed by atoms with van der Waals surface area (Å²) in [4.78, 5) is 6.86. The third-order valence-corrected chi connectivity index (χ3v) is 19.3. The van der Waals surface area contributed by atoms with Crippen LogP contribution in [0.25, 0.3) is 0 Å². The summed E-state index contributed by atoms with van der Waals surface area (Å²) in [6.45, 7) is 0. The molecule has 8 fully saturated rings. The monoisotopic (exact) mass is 632 g/mol. The zero-order valence-corrected chi connectivity index (χ0v) is 28.9. The third kappa shape index (κ3) is 4.40. The molecule has 0 saturated heterocycles. The van der Waals surface area contributed by atoms with Crippen molar-refractivity contribution in [1.29, 1.82) is 0 Å². The van der Waals surface area contributed by atoms with Crippen molar-refractivity contribution in [2.45, 2.75) is 98.9 Å². The van der Waals surface area contributed by atoms with E-state index in [0.717, 1.165) is 41.9 Å². The van der Waals surface area contributed by atoms with E-state index in [1.165, 1.54) is 28.4 Å². The van der Waals surface area contributed by atoms with Gasteiger partial charge in [0, 0.05) is 24.8 Å². The minimum absolute atomic E-state index is 0.134. The number of rotatable bonds is 7. The zero-order chi connectivity index (χ0) is 29.8. The second kappa shape index (κ2) is 10.3. The molecular weight excluding hydrogens is 582 g/mol. The summed E-state index contributed by atoms with van der Waals surface area (Å²) in [5.74, 6) is 6.17. The number of H-pyrrole nitrogens is 2.